The Morgan fingerprint density at radius 3 is 2.76 bits per heavy atom. The topological polar surface area (TPSA) is 37.8 Å². The predicted molar refractivity (Wildman–Crippen MR) is 75.1 cm³/mol. The molecule has 1 N–H and O–H groups in total. The number of rotatable bonds is 3. The summed E-state index contributed by atoms with van der Waals surface area (Å²) in [4.78, 5) is 0. The molecule has 94 valence electrons. The Labute approximate surface area is 112 Å². The van der Waals surface area contributed by atoms with E-state index in [9.17, 15) is 0 Å². The van der Waals surface area contributed by atoms with Crippen molar-refractivity contribution in [3.8, 4) is 0 Å². The third-order valence-electron chi connectivity index (χ3n) is 3.40. The maximum atomic E-state index is 5.94. The number of nitrogens with zero attached hydrogens (tertiary/aromatic N) is 2. The van der Waals surface area contributed by atoms with Gasteiger partial charge in [-0.15, -0.1) is 10.2 Å². The van der Waals surface area contributed by atoms with E-state index < -0.39 is 0 Å². The van der Waals surface area contributed by atoms with Crippen molar-refractivity contribution in [3.63, 3.8) is 0 Å². The van der Waals surface area contributed by atoms with Gasteiger partial charge in [-0.3, -0.25) is 0 Å². The maximum Gasteiger partial charge on any atom is 0.155 e. The highest BCUT2D eigenvalue weighted by atomic mass is 35.5. The van der Waals surface area contributed by atoms with Crippen molar-refractivity contribution in [2.45, 2.75) is 38.4 Å². The van der Waals surface area contributed by atoms with Gasteiger partial charge < -0.3 is 5.32 Å². The molecule has 1 saturated heterocycles. The molecule has 2 heterocycles. The summed E-state index contributed by atoms with van der Waals surface area (Å²) in [6.45, 7) is 7.25. The molecular formula is C12H18ClN3S. The second-order valence-corrected chi connectivity index (χ2v) is 6.89. The first-order valence-electron chi connectivity index (χ1n) is 5.89. The number of nitrogens with one attached hydrogen (secondary N) is 1. The van der Waals surface area contributed by atoms with Gasteiger partial charge in [-0.2, -0.15) is 11.8 Å². The van der Waals surface area contributed by atoms with Crippen LogP contribution >= 0.6 is 23.4 Å². The van der Waals surface area contributed by atoms with E-state index in [2.05, 4.69) is 22.4 Å². The fourth-order valence-corrected chi connectivity index (χ4v) is 3.42. The Hall–Kier alpha value is -0.480. The lowest BCUT2D eigenvalue weighted by atomic mass is 10.1. The number of hydrogen-bond donors (Lipinski definition) is 1. The number of anilines is 1. The number of halogens is 1. The summed E-state index contributed by atoms with van der Waals surface area (Å²) in [7, 11) is 0. The molecule has 2 rings (SSSR count). The quantitative estimate of drug-likeness (QED) is 0.914. The average molecular weight is 272 g/mol. The lowest BCUT2D eigenvalue weighted by Crippen LogP contribution is -2.27. The van der Waals surface area contributed by atoms with Crippen LogP contribution in [0, 0.1) is 13.8 Å². The highest BCUT2D eigenvalue weighted by Crippen LogP contribution is 2.37. The lowest BCUT2D eigenvalue weighted by Gasteiger charge is -2.23. The minimum atomic E-state index is 0.335. The van der Waals surface area contributed by atoms with Gasteiger partial charge in [0.2, 0.25) is 0 Å². The molecule has 1 aliphatic heterocycles. The van der Waals surface area contributed by atoms with Crippen LogP contribution in [-0.4, -0.2) is 27.2 Å². The number of aromatic nitrogens is 2. The van der Waals surface area contributed by atoms with Crippen LogP contribution in [0.4, 0.5) is 5.82 Å². The first-order valence-corrected chi connectivity index (χ1v) is 7.25. The maximum absolute atomic E-state index is 5.94. The zero-order chi connectivity index (χ0) is 12.5. The van der Waals surface area contributed by atoms with E-state index in [1.165, 1.54) is 18.6 Å². The number of thioether (sulfide) groups is 1. The lowest BCUT2D eigenvalue weighted by molar-refractivity contribution is 0.632. The SMILES string of the molecule is Cc1c(Cl)nnc(NCC2(C)CCCS2)c1C. The van der Waals surface area contributed by atoms with Crippen LogP contribution in [0.1, 0.15) is 30.9 Å². The molecule has 1 unspecified atom stereocenters. The van der Waals surface area contributed by atoms with Crippen molar-refractivity contribution in [1.29, 1.82) is 0 Å². The molecule has 0 spiro atoms. The first kappa shape index (κ1) is 13.0. The normalized spacial score (nSPS) is 24.0. The Morgan fingerprint density at radius 2 is 2.12 bits per heavy atom. The van der Waals surface area contributed by atoms with E-state index >= 15 is 0 Å². The molecule has 17 heavy (non-hydrogen) atoms. The molecule has 0 aliphatic carbocycles. The molecule has 1 aromatic heterocycles. The number of hydrogen-bond acceptors (Lipinski definition) is 4. The monoisotopic (exact) mass is 271 g/mol. The molecule has 5 heteroatoms. The largest absolute Gasteiger partial charge is 0.367 e. The fraction of sp³-hybridized carbons (Fsp3) is 0.667. The molecule has 1 aromatic rings. The van der Waals surface area contributed by atoms with E-state index in [1.54, 1.807) is 0 Å². The van der Waals surface area contributed by atoms with Gasteiger partial charge in [0.1, 0.15) is 0 Å². The van der Waals surface area contributed by atoms with Gasteiger partial charge >= 0.3 is 0 Å². The van der Waals surface area contributed by atoms with Gasteiger partial charge in [-0.05, 0) is 50.5 Å². The summed E-state index contributed by atoms with van der Waals surface area (Å²) in [5, 5.41) is 12.0. The summed E-state index contributed by atoms with van der Waals surface area (Å²) < 4.78 is 0.335. The molecule has 0 aromatic carbocycles. The van der Waals surface area contributed by atoms with Crippen molar-refractivity contribution in [2.24, 2.45) is 0 Å². The smallest absolute Gasteiger partial charge is 0.155 e. The van der Waals surface area contributed by atoms with Gasteiger partial charge in [0.15, 0.2) is 11.0 Å². The first-order chi connectivity index (χ1) is 8.02. The van der Waals surface area contributed by atoms with Crippen molar-refractivity contribution in [2.75, 3.05) is 17.6 Å². The van der Waals surface area contributed by atoms with Gasteiger partial charge in [-0.1, -0.05) is 11.6 Å². The Balaban J connectivity index is 2.06. The second-order valence-electron chi connectivity index (χ2n) is 4.84. The third kappa shape index (κ3) is 2.86. The Bertz CT molecular complexity index is 416. The molecule has 0 amide bonds. The van der Waals surface area contributed by atoms with E-state index in [0.29, 0.717) is 9.90 Å². The Kier molecular flexibility index (Phi) is 3.83. The summed E-state index contributed by atoms with van der Waals surface area (Å²) in [6, 6.07) is 0. The van der Waals surface area contributed by atoms with Gasteiger partial charge in [-0.25, -0.2) is 0 Å². The van der Waals surface area contributed by atoms with Crippen molar-refractivity contribution in [3.05, 3.63) is 16.3 Å². The van der Waals surface area contributed by atoms with Crippen molar-refractivity contribution < 1.29 is 0 Å². The third-order valence-corrected chi connectivity index (χ3v) is 5.29. The summed E-state index contributed by atoms with van der Waals surface area (Å²) in [6.07, 6.45) is 2.58. The molecule has 1 aliphatic rings. The molecule has 3 nitrogen and oxygen atoms in total. The standard InChI is InChI=1S/C12H18ClN3S/c1-8-9(2)11(16-15-10(8)13)14-7-12(3)5-4-6-17-12/h4-7H2,1-3H3,(H,14,16). The van der Waals surface area contributed by atoms with Crippen molar-refractivity contribution in [1.82, 2.24) is 10.2 Å². The highest BCUT2D eigenvalue weighted by molar-refractivity contribution is 8.00. The molecular weight excluding hydrogens is 254 g/mol. The fourth-order valence-electron chi connectivity index (χ4n) is 1.99. The van der Waals surface area contributed by atoms with Gasteiger partial charge in [0, 0.05) is 11.3 Å². The van der Waals surface area contributed by atoms with Crippen LogP contribution in [0.2, 0.25) is 5.15 Å². The zero-order valence-electron chi connectivity index (χ0n) is 10.5. The highest BCUT2D eigenvalue weighted by Gasteiger charge is 2.29. The average Bonchev–Trinajstić information content (AvgIpc) is 2.73. The molecule has 1 atom stereocenters. The van der Waals surface area contributed by atoms with Crippen LogP contribution in [0.15, 0.2) is 0 Å². The summed E-state index contributed by atoms with van der Waals surface area (Å²) in [5.74, 6) is 2.13. The minimum Gasteiger partial charge on any atom is -0.367 e. The predicted octanol–water partition coefficient (Wildman–Crippen LogP) is 3.44. The molecule has 0 radical (unpaired) electrons. The van der Waals surface area contributed by atoms with E-state index in [1.807, 2.05) is 25.6 Å². The summed E-state index contributed by atoms with van der Waals surface area (Å²) >= 11 is 7.98. The van der Waals surface area contributed by atoms with Crippen LogP contribution < -0.4 is 5.32 Å². The van der Waals surface area contributed by atoms with Gasteiger partial charge in [0.05, 0.1) is 0 Å². The zero-order valence-corrected chi connectivity index (χ0v) is 12.1. The Morgan fingerprint density at radius 1 is 1.35 bits per heavy atom. The molecule has 0 saturated carbocycles. The van der Waals surface area contributed by atoms with E-state index in [4.69, 9.17) is 11.6 Å². The van der Waals surface area contributed by atoms with Crippen LogP contribution in [0.25, 0.3) is 0 Å². The van der Waals surface area contributed by atoms with E-state index in [-0.39, 0.29) is 0 Å². The van der Waals surface area contributed by atoms with Crippen LogP contribution in [-0.2, 0) is 0 Å². The van der Waals surface area contributed by atoms with Crippen molar-refractivity contribution >= 4 is 29.2 Å². The summed E-state index contributed by atoms with van der Waals surface area (Å²) in [5.41, 5.74) is 2.10. The van der Waals surface area contributed by atoms with Crippen LogP contribution in [0.3, 0.4) is 0 Å². The molecule has 0 bridgehead atoms. The second kappa shape index (κ2) is 5.02. The minimum absolute atomic E-state index is 0.335. The molecule has 1 fully saturated rings. The van der Waals surface area contributed by atoms with Gasteiger partial charge in [0.25, 0.3) is 0 Å². The van der Waals surface area contributed by atoms with Crippen LogP contribution in [0.5, 0.6) is 0 Å². The van der Waals surface area contributed by atoms with E-state index in [0.717, 1.165) is 23.5 Å².